The maximum absolute atomic E-state index is 12.4. The van der Waals surface area contributed by atoms with Gasteiger partial charge >= 0.3 is 0 Å². The van der Waals surface area contributed by atoms with Crippen molar-refractivity contribution >= 4 is 17.5 Å². The van der Waals surface area contributed by atoms with E-state index in [0.717, 1.165) is 25.3 Å². The molecule has 3 rings (SSSR count). The van der Waals surface area contributed by atoms with Crippen LogP contribution in [0.3, 0.4) is 0 Å². The highest BCUT2D eigenvalue weighted by atomic mass is 16.2. The molecule has 0 aliphatic carbocycles. The molecule has 1 amide bonds. The Morgan fingerprint density at radius 3 is 2.92 bits per heavy atom. The lowest BCUT2D eigenvalue weighted by atomic mass is 9.90. The first-order valence-electron chi connectivity index (χ1n) is 8.86. The summed E-state index contributed by atoms with van der Waals surface area (Å²) in [6.07, 6.45) is 6.44. The van der Waals surface area contributed by atoms with Crippen LogP contribution in [0.1, 0.15) is 27.2 Å². The zero-order chi connectivity index (χ0) is 18.0. The topological polar surface area (TPSA) is 74.6 Å². The summed E-state index contributed by atoms with van der Waals surface area (Å²) in [6.45, 7) is 8.91. The summed E-state index contributed by atoms with van der Waals surface area (Å²) in [4.78, 5) is 23.2. The van der Waals surface area contributed by atoms with Crippen LogP contribution in [-0.4, -0.2) is 57.9 Å². The number of anilines is 1. The van der Waals surface area contributed by atoms with Crippen LogP contribution in [0.15, 0.2) is 24.7 Å². The zero-order valence-electron chi connectivity index (χ0n) is 15.5. The lowest BCUT2D eigenvalue weighted by Gasteiger charge is -2.20. The van der Waals surface area contributed by atoms with Crippen LogP contribution < -0.4 is 10.6 Å². The largest absolute Gasteiger partial charge is 0.370 e. The van der Waals surface area contributed by atoms with E-state index in [-0.39, 0.29) is 17.4 Å². The number of rotatable bonds is 6. The number of hydrogen-bond acceptors (Lipinski definition) is 5. The number of hydrogen-bond donors (Lipinski definition) is 2. The van der Waals surface area contributed by atoms with Gasteiger partial charge in [-0.3, -0.25) is 14.1 Å². The Labute approximate surface area is 148 Å². The number of nitrogens with one attached hydrogen (secondary N) is 2. The number of aromatic nitrogens is 3. The second-order valence-electron chi connectivity index (χ2n) is 7.98. The van der Waals surface area contributed by atoms with Crippen LogP contribution in [0.5, 0.6) is 0 Å². The quantitative estimate of drug-likeness (QED) is 0.833. The number of likely N-dealkylation sites (tertiary alicyclic amines) is 1. The molecule has 2 unspecified atom stereocenters. The summed E-state index contributed by atoms with van der Waals surface area (Å²) in [6, 6.07) is 1.91. The van der Waals surface area contributed by atoms with E-state index in [9.17, 15) is 4.79 Å². The average Bonchev–Trinajstić information content (AvgIpc) is 3.13. The van der Waals surface area contributed by atoms with E-state index in [1.54, 1.807) is 6.20 Å². The number of carbonyl (C=O) groups is 1. The van der Waals surface area contributed by atoms with Crippen molar-refractivity contribution in [3.05, 3.63) is 24.7 Å². The van der Waals surface area contributed by atoms with Gasteiger partial charge in [0.05, 0.1) is 6.04 Å². The van der Waals surface area contributed by atoms with Crippen molar-refractivity contribution in [2.24, 2.45) is 11.3 Å². The second-order valence-corrected chi connectivity index (χ2v) is 7.98. The number of imidazole rings is 1. The van der Waals surface area contributed by atoms with Crippen LogP contribution in [0, 0.1) is 11.3 Å². The van der Waals surface area contributed by atoms with E-state index < -0.39 is 0 Å². The Morgan fingerprint density at radius 1 is 1.40 bits per heavy atom. The summed E-state index contributed by atoms with van der Waals surface area (Å²) in [5.74, 6) is 1.92. The van der Waals surface area contributed by atoms with E-state index in [1.807, 2.05) is 29.9 Å². The molecule has 2 N–H and O–H groups in total. The Morgan fingerprint density at radius 2 is 2.20 bits per heavy atom. The fourth-order valence-electron chi connectivity index (χ4n) is 3.47. The van der Waals surface area contributed by atoms with Crippen LogP contribution in [0.25, 0.3) is 5.78 Å². The second kappa shape index (κ2) is 7.00. The summed E-state index contributed by atoms with van der Waals surface area (Å²) in [5.41, 5.74) is 0.209. The minimum Gasteiger partial charge on any atom is -0.370 e. The minimum absolute atomic E-state index is 0.0142. The molecule has 7 heteroatoms. The average molecular weight is 344 g/mol. The molecule has 25 heavy (non-hydrogen) atoms. The smallest absolute Gasteiger partial charge is 0.237 e. The van der Waals surface area contributed by atoms with Crippen molar-refractivity contribution < 1.29 is 4.79 Å². The van der Waals surface area contributed by atoms with Gasteiger partial charge in [-0.25, -0.2) is 4.98 Å². The molecule has 1 aliphatic rings. The fourth-order valence-corrected chi connectivity index (χ4v) is 3.47. The van der Waals surface area contributed by atoms with Crippen molar-refractivity contribution in [3.63, 3.8) is 0 Å². The molecule has 7 nitrogen and oxygen atoms in total. The molecule has 1 saturated heterocycles. The molecule has 1 aliphatic heterocycles. The molecule has 1 fully saturated rings. The first kappa shape index (κ1) is 17.7. The lowest BCUT2D eigenvalue weighted by molar-refractivity contribution is -0.125. The van der Waals surface area contributed by atoms with Crippen molar-refractivity contribution in [3.8, 4) is 0 Å². The predicted molar refractivity (Wildman–Crippen MR) is 98.5 cm³/mol. The molecule has 0 aromatic carbocycles. The van der Waals surface area contributed by atoms with Gasteiger partial charge in [0, 0.05) is 38.2 Å². The standard InChI is InChI=1S/C18H28N6O/c1-13(10-20-15-5-7-24-8-6-19-17(24)22-15)11-21-16(25)14-9-18(2,3)12-23(14)4/h5-8,13-14H,9-12H2,1-4H3,(H,21,25)(H,19,20,22). The minimum atomic E-state index is -0.0142. The lowest BCUT2D eigenvalue weighted by Crippen LogP contribution is -2.43. The SMILES string of the molecule is CC(CNC(=O)C1CC(C)(C)CN1C)CNc1ccn2ccnc2n1. The van der Waals surface area contributed by atoms with Crippen molar-refractivity contribution in [1.29, 1.82) is 0 Å². The number of fused-ring (bicyclic) bond motifs is 1. The van der Waals surface area contributed by atoms with E-state index in [4.69, 9.17) is 0 Å². The van der Waals surface area contributed by atoms with Crippen molar-refractivity contribution in [1.82, 2.24) is 24.6 Å². The van der Waals surface area contributed by atoms with Gasteiger partial charge in [0.1, 0.15) is 5.82 Å². The first-order chi connectivity index (χ1) is 11.8. The molecule has 2 atom stereocenters. The molecular formula is C18H28N6O. The number of amides is 1. The van der Waals surface area contributed by atoms with Gasteiger partial charge in [-0.2, -0.15) is 4.98 Å². The number of nitrogens with zero attached hydrogens (tertiary/aromatic N) is 4. The first-order valence-corrected chi connectivity index (χ1v) is 8.86. The molecule has 0 radical (unpaired) electrons. The van der Waals surface area contributed by atoms with E-state index >= 15 is 0 Å². The zero-order valence-corrected chi connectivity index (χ0v) is 15.5. The van der Waals surface area contributed by atoms with E-state index in [2.05, 4.69) is 46.3 Å². The van der Waals surface area contributed by atoms with Crippen LogP contribution in [0.2, 0.25) is 0 Å². The van der Waals surface area contributed by atoms with E-state index in [1.165, 1.54) is 0 Å². The van der Waals surface area contributed by atoms with Gasteiger partial charge in [0.2, 0.25) is 11.7 Å². The highest BCUT2D eigenvalue weighted by Crippen LogP contribution is 2.32. The highest BCUT2D eigenvalue weighted by Gasteiger charge is 2.38. The summed E-state index contributed by atoms with van der Waals surface area (Å²) in [7, 11) is 2.03. The molecular weight excluding hydrogens is 316 g/mol. The van der Waals surface area contributed by atoms with Crippen LogP contribution in [-0.2, 0) is 4.79 Å². The van der Waals surface area contributed by atoms with Gasteiger partial charge in [-0.05, 0) is 30.9 Å². The summed E-state index contributed by atoms with van der Waals surface area (Å²) < 4.78 is 1.87. The highest BCUT2D eigenvalue weighted by molar-refractivity contribution is 5.82. The predicted octanol–water partition coefficient (Wildman–Crippen LogP) is 1.62. The van der Waals surface area contributed by atoms with Gasteiger partial charge < -0.3 is 10.6 Å². The maximum atomic E-state index is 12.4. The Kier molecular flexibility index (Phi) is 4.94. The Balaban J connectivity index is 1.44. The molecule has 0 saturated carbocycles. The monoisotopic (exact) mass is 344 g/mol. The van der Waals surface area contributed by atoms with E-state index in [0.29, 0.717) is 18.2 Å². The van der Waals surface area contributed by atoms with Gasteiger partial charge in [0.25, 0.3) is 0 Å². The van der Waals surface area contributed by atoms with Crippen LogP contribution in [0.4, 0.5) is 5.82 Å². The molecule has 2 aromatic rings. The van der Waals surface area contributed by atoms with Gasteiger partial charge in [0.15, 0.2) is 0 Å². The summed E-state index contributed by atoms with van der Waals surface area (Å²) in [5, 5.41) is 6.41. The third-order valence-corrected chi connectivity index (χ3v) is 4.78. The number of carbonyl (C=O) groups excluding carboxylic acids is 1. The van der Waals surface area contributed by atoms with Gasteiger partial charge in [-0.15, -0.1) is 0 Å². The third-order valence-electron chi connectivity index (χ3n) is 4.78. The third kappa shape index (κ3) is 4.28. The molecule has 136 valence electrons. The van der Waals surface area contributed by atoms with Crippen molar-refractivity contribution in [2.45, 2.75) is 33.2 Å². The fraction of sp³-hybridized carbons (Fsp3) is 0.611. The number of likely N-dealkylation sites (N-methyl/N-ethyl adjacent to an activating group) is 1. The molecule has 2 aromatic heterocycles. The Bertz CT molecular complexity index is 740. The molecule has 0 spiro atoms. The maximum Gasteiger partial charge on any atom is 0.237 e. The molecule has 3 heterocycles. The summed E-state index contributed by atoms with van der Waals surface area (Å²) >= 11 is 0. The van der Waals surface area contributed by atoms with Crippen LogP contribution >= 0.6 is 0 Å². The normalized spacial score (nSPS) is 21.4. The van der Waals surface area contributed by atoms with Gasteiger partial charge in [-0.1, -0.05) is 20.8 Å². The molecule has 0 bridgehead atoms. The Hall–Kier alpha value is -2.15. The van der Waals surface area contributed by atoms with Crippen molar-refractivity contribution in [2.75, 3.05) is 32.0 Å².